The third kappa shape index (κ3) is 3.18. The van der Waals surface area contributed by atoms with Crippen molar-refractivity contribution in [3.8, 4) is 0 Å². The Morgan fingerprint density at radius 3 is 2.55 bits per heavy atom. The van der Waals surface area contributed by atoms with Crippen LogP contribution in [0.1, 0.15) is 28.7 Å². The molecule has 0 aliphatic carbocycles. The van der Waals surface area contributed by atoms with Crippen LogP contribution in [0.5, 0.6) is 0 Å². The predicted octanol–water partition coefficient (Wildman–Crippen LogP) is 3.56. The second-order valence-corrected chi connectivity index (χ2v) is 5.29. The molecule has 20 heavy (non-hydrogen) atoms. The maximum absolute atomic E-state index is 13.3. The molecular formula is C16H17ClFNO. The van der Waals surface area contributed by atoms with Crippen LogP contribution in [0.2, 0.25) is 5.02 Å². The first-order valence-corrected chi connectivity index (χ1v) is 6.80. The Balaban J connectivity index is 2.33. The van der Waals surface area contributed by atoms with E-state index < -0.39 is 6.10 Å². The van der Waals surface area contributed by atoms with Gasteiger partial charge in [-0.2, -0.15) is 0 Å². The van der Waals surface area contributed by atoms with Crippen molar-refractivity contribution in [2.24, 2.45) is 5.73 Å². The van der Waals surface area contributed by atoms with Crippen LogP contribution in [-0.2, 0) is 0 Å². The molecule has 3 N–H and O–H groups in total. The third-order valence-electron chi connectivity index (χ3n) is 3.44. The van der Waals surface area contributed by atoms with Crippen LogP contribution >= 0.6 is 11.6 Å². The molecule has 2 atom stereocenters. The number of halogens is 2. The molecule has 2 aromatic carbocycles. The summed E-state index contributed by atoms with van der Waals surface area (Å²) in [6.07, 6.45) is -0.794. The van der Waals surface area contributed by atoms with Crippen LogP contribution in [-0.4, -0.2) is 11.7 Å². The Kier molecular flexibility index (Phi) is 4.76. The third-order valence-corrected chi connectivity index (χ3v) is 3.67. The van der Waals surface area contributed by atoms with Gasteiger partial charge in [0.05, 0.1) is 6.10 Å². The Morgan fingerprint density at radius 2 is 1.95 bits per heavy atom. The van der Waals surface area contributed by atoms with E-state index in [2.05, 4.69) is 0 Å². The van der Waals surface area contributed by atoms with E-state index in [-0.39, 0.29) is 18.3 Å². The summed E-state index contributed by atoms with van der Waals surface area (Å²) in [6.45, 7) is 1.94. The molecule has 0 amide bonds. The summed E-state index contributed by atoms with van der Waals surface area (Å²) in [4.78, 5) is 0. The summed E-state index contributed by atoms with van der Waals surface area (Å²) in [5.41, 5.74) is 7.81. The highest BCUT2D eigenvalue weighted by Gasteiger charge is 2.22. The molecule has 2 rings (SSSR count). The van der Waals surface area contributed by atoms with Gasteiger partial charge in [-0.1, -0.05) is 35.9 Å². The first-order valence-electron chi connectivity index (χ1n) is 6.42. The Morgan fingerprint density at radius 1 is 1.20 bits per heavy atom. The second-order valence-electron chi connectivity index (χ2n) is 4.85. The van der Waals surface area contributed by atoms with Crippen LogP contribution in [0.3, 0.4) is 0 Å². The van der Waals surface area contributed by atoms with Crippen LogP contribution in [0, 0.1) is 12.7 Å². The summed E-state index contributed by atoms with van der Waals surface area (Å²) < 4.78 is 13.3. The highest BCUT2D eigenvalue weighted by atomic mass is 35.5. The molecule has 0 spiro atoms. The van der Waals surface area contributed by atoms with Crippen molar-refractivity contribution in [2.75, 3.05) is 6.54 Å². The quantitative estimate of drug-likeness (QED) is 0.905. The maximum atomic E-state index is 13.3. The minimum Gasteiger partial charge on any atom is -0.388 e. The summed E-state index contributed by atoms with van der Waals surface area (Å²) in [5, 5.41) is 11.1. The van der Waals surface area contributed by atoms with Crippen molar-refractivity contribution >= 4 is 11.6 Å². The number of nitrogens with two attached hydrogens (primary N) is 1. The minimum atomic E-state index is -0.794. The molecule has 0 bridgehead atoms. The molecule has 2 nitrogen and oxygen atoms in total. The van der Waals surface area contributed by atoms with Gasteiger partial charge in [0.25, 0.3) is 0 Å². The molecule has 0 saturated carbocycles. The van der Waals surface area contributed by atoms with E-state index in [4.69, 9.17) is 17.3 Å². The maximum Gasteiger partial charge on any atom is 0.126 e. The van der Waals surface area contributed by atoms with Crippen molar-refractivity contribution < 1.29 is 9.50 Å². The Bertz CT molecular complexity index is 603. The monoisotopic (exact) mass is 293 g/mol. The molecule has 2 aromatic rings. The lowest BCUT2D eigenvalue weighted by atomic mass is 9.88. The number of aliphatic hydroxyl groups is 1. The van der Waals surface area contributed by atoms with E-state index in [9.17, 15) is 9.50 Å². The Hall–Kier alpha value is -1.42. The first kappa shape index (κ1) is 15.0. The fourth-order valence-electron chi connectivity index (χ4n) is 2.27. The number of benzene rings is 2. The Labute approximate surface area is 123 Å². The molecule has 0 aliphatic rings. The standard InChI is InChI=1S/C16H17ClFNO/c1-10-7-12(5-6-15(10)18)16(20)14(9-19)11-3-2-4-13(17)8-11/h2-8,14,16,20H,9,19H2,1H3. The van der Waals surface area contributed by atoms with Gasteiger partial charge >= 0.3 is 0 Å². The van der Waals surface area contributed by atoms with Gasteiger partial charge in [0.15, 0.2) is 0 Å². The van der Waals surface area contributed by atoms with Crippen LogP contribution < -0.4 is 5.73 Å². The lowest BCUT2D eigenvalue weighted by molar-refractivity contribution is 0.147. The van der Waals surface area contributed by atoms with Crippen molar-refractivity contribution in [3.63, 3.8) is 0 Å². The normalized spacial score (nSPS) is 14.1. The van der Waals surface area contributed by atoms with E-state index in [1.54, 1.807) is 31.2 Å². The average Bonchev–Trinajstić information content (AvgIpc) is 2.42. The minimum absolute atomic E-state index is 0.276. The summed E-state index contributed by atoms with van der Waals surface area (Å²) in [6, 6.07) is 11.9. The fourth-order valence-corrected chi connectivity index (χ4v) is 2.47. The molecule has 0 radical (unpaired) electrons. The SMILES string of the molecule is Cc1cc(C(O)C(CN)c2cccc(Cl)c2)ccc1F. The number of aryl methyl sites for hydroxylation is 1. The highest BCUT2D eigenvalue weighted by Crippen LogP contribution is 2.32. The summed E-state index contributed by atoms with van der Waals surface area (Å²) in [5.74, 6) is -0.563. The molecule has 0 saturated heterocycles. The lowest BCUT2D eigenvalue weighted by Crippen LogP contribution is -2.20. The zero-order chi connectivity index (χ0) is 14.7. The van der Waals surface area contributed by atoms with E-state index in [1.165, 1.54) is 6.07 Å². The molecule has 0 aliphatic heterocycles. The van der Waals surface area contributed by atoms with E-state index in [1.807, 2.05) is 12.1 Å². The molecule has 106 valence electrons. The van der Waals surface area contributed by atoms with Gasteiger partial charge in [0, 0.05) is 17.5 Å². The smallest absolute Gasteiger partial charge is 0.126 e. The van der Waals surface area contributed by atoms with Crippen LogP contribution in [0.15, 0.2) is 42.5 Å². The molecular weight excluding hydrogens is 277 g/mol. The average molecular weight is 294 g/mol. The van der Waals surface area contributed by atoms with E-state index in [0.29, 0.717) is 16.1 Å². The largest absolute Gasteiger partial charge is 0.388 e. The zero-order valence-corrected chi connectivity index (χ0v) is 11.9. The van der Waals surface area contributed by atoms with Crippen molar-refractivity contribution in [1.82, 2.24) is 0 Å². The van der Waals surface area contributed by atoms with Gasteiger partial charge < -0.3 is 10.8 Å². The molecule has 0 aromatic heterocycles. The van der Waals surface area contributed by atoms with Gasteiger partial charge in [-0.25, -0.2) is 4.39 Å². The highest BCUT2D eigenvalue weighted by molar-refractivity contribution is 6.30. The summed E-state index contributed by atoms with van der Waals surface area (Å²) >= 11 is 5.97. The van der Waals surface area contributed by atoms with Gasteiger partial charge in [0.1, 0.15) is 5.82 Å². The van der Waals surface area contributed by atoms with Crippen molar-refractivity contribution in [2.45, 2.75) is 18.9 Å². The number of aliphatic hydroxyl groups excluding tert-OH is 1. The van der Waals surface area contributed by atoms with Crippen molar-refractivity contribution in [1.29, 1.82) is 0 Å². The summed E-state index contributed by atoms with van der Waals surface area (Å²) in [7, 11) is 0. The van der Waals surface area contributed by atoms with Gasteiger partial charge in [-0.05, 0) is 41.8 Å². The topological polar surface area (TPSA) is 46.2 Å². The molecule has 0 heterocycles. The van der Waals surface area contributed by atoms with Crippen LogP contribution in [0.25, 0.3) is 0 Å². The second kappa shape index (κ2) is 6.35. The number of hydrogen-bond acceptors (Lipinski definition) is 2. The fraction of sp³-hybridized carbons (Fsp3) is 0.250. The lowest BCUT2D eigenvalue weighted by Gasteiger charge is -2.23. The molecule has 0 fully saturated rings. The molecule has 2 unspecified atom stereocenters. The van der Waals surface area contributed by atoms with Crippen molar-refractivity contribution in [3.05, 3.63) is 70.0 Å². The number of hydrogen-bond donors (Lipinski definition) is 2. The van der Waals surface area contributed by atoms with Crippen LogP contribution in [0.4, 0.5) is 4.39 Å². The van der Waals surface area contributed by atoms with Gasteiger partial charge in [-0.15, -0.1) is 0 Å². The molecule has 4 heteroatoms. The van der Waals surface area contributed by atoms with Gasteiger partial charge in [0.2, 0.25) is 0 Å². The number of rotatable bonds is 4. The zero-order valence-electron chi connectivity index (χ0n) is 11.2. The predicted molar refractivity (Wildman–Crippen MR) is 79.3 cm³/mol. The van der Waals surface area contributed by atoms with Gasteiger partial charge in [-0.3, -0.25) is 0 Å². The van der Waals surface area contributed by atoms with E-state index in [0.717, 1.165) is 5.56 Å². The van der Waals surface area contributed by atoms with E-state index >= 15 is 0 Å². The first-order chi connectivity index (χ1) is 9.52.